The van der Waals surface area contributed by atoms with E-state index in [4.69, 9.17) is 14.2 Å². The molecule has 108 valence electrons. The van der Waals surface area contributed by atoms with E-state index in [1.807, 2.05) is 13.8 Å². The monoisotopic (exact) mass is 261 g/mol. The largest absolute Gasteiger partial charge is 0.399 e. The summed E-state index contributed by atoms with van der Waals surface area (Å²) < 4.78 is 15.4. The molecule has 0 amide bonds. The van der Waals surface area contributed by atoms with Crippen molar-refractivity contribution in [2.45, 2.75) is 20.3 Å². The summed E-state index contributed by atoms with van der Waals surface area (Å²) >= 11 is 0. The third-order valence-corrected chi connectivity index (χ3v) is 1.75. The topological polar surface area (TPSA) is 49.3 Å². The van der Waals surface area contributed by atoms with Crippen LogP contribution >= 0.6 is 0 Å². The second-order valence-electron chi connectivity index (χ2n) is 2.94. The molecule has 0 bridgehead atoms. The van der Waals surface area contributed by atoms with Crippen LogP contribution in [0.15, 0.2) is 17.8 Å². The second kappa shape index (κ2) is 18.5. The van der Waals surface area contributed by atoms with Gasteiger partial charge in [-0.1, -0.05) is 25.6 Å². The SMILES string of the molecule is C=C/C(CCOCCOCCOC)=N\OC.CC. The molecule has 5 heteroatoms. The van der Waals surface area contributed by atoms with E-state index in [9.17, 15) is 0 Å². The van der Waals surface area contributed by atoms with Gasteiger partial charge in [0, 0.05) is 13.5 Å². The van der Waals surface area contributed by atoms with Crippen molar-refractivity contribution in [3.8, 4) is 0 Å². The first-order chi connectivity index (χ1) is 8.85. The van der Waals surface area contributed by atoms with Gasteiger partial charge in [-0.2, -0.15) is 0 Å². The minimum absolute atomic E-state index is 0.571. The van der Waals surface area contributed by atoms with Crippen molar-refractivity contribution < 1.29 is 19.0 Å². The lowest BCUT2D eigenvalue weighted by Crippen LogP contribution is -2.10. The van der Waals surface area contributed by atoms with E-state index >= 15 is 0 Å². The minimum atomic E-state index is 0.571. The molecular weight excluding hydrogens is 234 g/mol. The maximum absolute atomic E-state index is 5.34. The van der Waals surface area contributed by atoms with E-state index < -0.39 is 0 Å². The van der Waals surface area contributed by atoms with Crippen LogP contribution < -0.4 is 0 Å². The number of nitrogens with zero attached hydrogens (tertiary/aromatic N) is 1. The van der Waals surface area contributed by atoms with E-state index in [1.165, 1.54) is 7.11 Å². The summed E-state index contributed by atoms with van der Waals surface area (Å²) in [5.41, 5.74) is 0.780. The fourth-order valence-corrected chi connectivity index (χ4v) is 0.943. The first kappa shape index (κ1) is 19.4. The molecular formula is C13H27NO4. The van der Waals surface area contributed by atoms with Crippen molar-refractivity contribution in [2.24, 2.45) is 5.16 Å². The van der Waals surface area contributed by atoms with Crippen LogP contribution in [0, 0.1) is 0 Å². The van der Waals surface area contributed by atoms with Gasteiger partial charge in [-0.05, 0) is 6.08 Å². The maximum atomic E-state index is 5.34. The summed E-state index contributed by atoms with van der Waals surface area (Å²) in [7, 11) is 3.15. The number of hydrogen-bond donors (Lipinski definition) is 0. The van der Waals surface area contributed by atoms with Gasteiger partial charge in [-0.15, -0.1) is 0 Å². The molecule has 0 aliphatic rings. The standard InChI is InChI=1S/C11H21NO4.C2H6/c1-4-11(12-14-3)5-6-15-9-10-16-8-7-13-2;1-2/h4H,1,5-10H2,2-3H3;1-2H3/b12-11+;. The fourth-order valence-electron chi connectivity index (χ4n) is 0.943. The predicted molar refractivity (Wildman–Crippen MR) is 74.1 cm³/mol. The van der Waals surface area contributed by atoms with Crippen molar-refractivity contribution in [3.63, 3.8) is 0 Å². The van der Waals surface area contributed by atoms with Gasteiger partial charge in [0.05, 0.1) is 38.7 Å². The van der Waals surface area contributed by atoms with Gasteiger partial charge in [0.1, 0.15) is 7.11 Å². The molecule has 0 heterocycles. The van der Waals surface area contributed by atoms with Gasteiger partial charge in [0.2, 0.25) is 0 Å². The molecule has 0 saturated carbocycles. The van der Waals surface area contributed by atoms with Gasteiger partial charge in [-0.25, -0.2) is 0 Å². The average molecular weight is 261 g/mol. The first-order valence-electron chi connectivity index (χ1n) is 6.22. The van der Waals surface area contributed by atoms with E-state index in [1.54, 1.807) is 13.2 Å². The molecule has 0 aromatic rings. The van der Waals surface area contributed by atoms with Crippen molar-refractivity contribution >= 4 is 5.71 Å². The second-order valence-corrected chi connectivity index (χ2v) is 2.94. The predicted octanol–water partition coefficient (Wildman–Crippen LogP) is 2.27. The smallest absolute Gasteiger partial charge is 0.106 e. The van der Waals surface area contributed by atoms with E-state index in [-0.39, 0.29) is 0 Å². The van der Waals surface area contributed by atoms with Crippen LogP contribution in [0.25, 0.3) is 0 Å². The van der Waals surface area contributed by atoms with E-state index in [0.717, 1.165) is 5.71 Å². The molecule has 0 atom stereocenters. The molecule has 0 fully saturated rings. The fraction of sp³-hybridized carbons (Fsp3) is 0.769. The zero-order valence-corrected chi connectivity index (χ0v) is 12.1. The molecule has 0 N–H and O–H groups in total. The molecule has 18 heavy (non-hydrogen) atoms. The van der Waals surface area contributed by atoms with Gasteiger partial charge in [0.15, 0.2) is 0 Å². The van der Waals surface area contributed by atoms with Crippen LogP contribution in [0.5, 0.6) is 0 Å². The Labute approximate surface area is 111 Å². The molecule has 0 spiro atoms. The van der Waals surface area contributed by atoms with Gasteiger partial charge in [0.25, 0.3) is 0 Å². The highest BCUT2D eigenvalue weighted by atomic mass is 16.6. The number of allylic oxidation sites excluding steroid dienone is 1. The lowest BCUT2D eigenvalue weighted by Gasteiger charge is -2.05. The van der Waals surface area contributed by atoms with Crippen LogP contribution in [0.2, 0.25) is 0 Å². The Balaban J connectivity index is 0. The molecule has 0 unspecified atom stereocenters. The van der Waals surface area contributed by atoms with Crippen molar-refractivity contribution in [1.82, 2.24) is 0 Å². The minimum Gasteiger partial charge on any atom is -0.399 e. The summed E-state index contributed by atoms with van der Waals surface area (Å²) in [6.07, 6.45) is 2.34. The highest BCUT2D eigenvalue weighted by Gasteiger charge is 1.95. The lowest BCUT2D eigenvalue weighted by atomic mass is 10.3. The van der Waals surface area contributed by atoms with Crippen LogP contribution in [0.1, 0.15) is 20.3 Å². The third-order valence-electron chi connectivity index (χ3n) is 1.75. The summed E-state index contributed by atoms with van der Waals surface area (Å²) in [6, 6.07) is 0. The zero-order chi connectivity index (χ0) is 14.1. The molecule has 0 radical (unpaired) electrons. The van der Waals surface area contributed by atoms with Crippen molar-refractivity contribution in [2.75, 3.05) is 47.3 Å². The average Bonchev–Trinajstić information content (AvgIpc) is 2.42. The Bertz CT molecular complexity index is 195. The van der Waals surface area contributed by atoms with Gasteiger partial charge in [-0.3, -0.25) is 0 Å². The zero-order valence-electron chi connectivity index (χ0n) is 12.1. The number of methoxy groups -OCH3 is 1. The number of oxime groups is 1. The summed E-state index contributed by atoms with van der Waals surface area (Å²) in [5, 5.41) is 3.77. The maximum Gasteiger partial charge on any atom is 0.106 e. The van der Waals surface area contributed by atoms with Crippen LogP contribution in [-0.2, 0) is 19.0 Å². The van der Waals surface area contributed by atoms with Crippen LogP contribution in [0.4, 0.5) is 0 Å². The first-order valence-corrected chi connectivity index (χ1v) is 6.22. The van der Waals surface area contributed by atoms with Gasteiger partial charge >= 0.3 is 0 Å². The quantitative estimate of drug-likeness (QED) is 0.325. The van der Waals surface area contributed by atoms with Crippen LogP contribution in [-0.4, -0.2) is 53.0 Å². The molecule has 0 aliphatic carbocycles. The third kappa shape index (κ3) is 15.1. The number of rotatable bonds is 11. The molecule has 0 aromatic carbocycles. The Morgan fingerprint density at radius 1 is 1.00 bits per heavy atom. The van der Waals surface area contributed by atoms with E-state index in [2.05, 4.69) is 16.6 Å². The lowest BCUT2D eigenvalue weighted by molar-refractivity contribution is 0.0264. The molecule has 0 aromatic heterocycles. The summed E-state index contributed by atoms with van der Waals surface area (Å²) in [4.78, 5) is 4.64. The summed E-state index contributed by atoms with van der Waals surface area (Å²) in [6.45, 7) is 10.6. The Hall–Kier alpha value is -0.910. The van der Waals surface area contributed by atoms with Gasteiger partial charge < -0.3 is 19.0 Å². The highest BCUT2D eigenvalue weighted by Crippen LogP contribution is 1.91. The molecule has 0 aliphatic heterocycles. The van der Waals surface area contributed by atoms with E-state index in [0.29, 0.717) is 39.5 Å². The number of ether oxygens (including phenoxy) is 3. The molecule has 0 saturated heterocycles. The summed E-state index contributed by atoms with van der Waals surface area (Å²) in [5.74, 6) is 0. The number of hydrogen-bond acceptors (Lipinski definition) is 5. The molecule has 0 rings (SSSR count). The normalized spacial score (nSPS) is 10.6. The van der Waals surface area contributed by atoms with Crippen LogP contribution in [0.3, 0.4) is 0 Å². The molecule has 5 nitrogen and oxygen atoms in total. The Morgan fingerprint density at radius 3 is 2.06 bits per heavy atom. The Morgan fingerprint density at radius 2 is 1.56 bits per heavy atom. The highest BCUT2D eigenvalue weighted by molar-refractivity contribution is 5.94. The van der Waals surface area contributed by atoms with Crippen molar-refractivity contribution in [1.29, 1.82) is 0 Å². The Kier molecular flexibility index (Phi) is 19.9. The van der Waals surface area contributed by atoms with Crippen molar-refractivity contribution in [3.05, 3.63) is 12.7 Å².